The predicted molar refractivity (Wildman–Crippen MR) is 63.5 cm³/mol. The lowest BCUT2D eigenvalue weighted by atomic mass is 10.2. The molecule has 1 aromatic heterocycles. The van der Waals surface area contributed by atoms with Crippen molar-refractivity contribution in [1.82, 2.24) is 20.2 Å². The van der Waals surface area contributed by atoms with Crippen LogP contribution in [0.4, 0.5) is 4.39 Å². The molecular formula is C10H11FN4O3S. The van der Waals surface area contributed by atoms with Crippen molar-refractivity contribution in [3.05, 3.63) is 35.4 Å². The topological polar surface area (TPSA) is 87.0 Å². The van der Waals surface area contributed by atoms with Gasteiger partial charge < -0.3 is 0 Å². The molecule has 2 aromatic rings. The maximum Gasteiger partial charge on any atom is 0.264 e. The van der Waals surface area contributed by atoms with Crippen LogP contribution < -0.4 is 0 Å². The summed E-state index contributed by atoms with van der Waals surface area (Å²) in [5.74, 6) is -0.454. The molecule has 0 aliphatic carbocycles. The number of nitrogens with zero attached hydrogens (tertiary/aromatic N) is 4. The molecule has 9 heteroatoms. The third-order valence-electron chi connectivity index (χ3n) is 2.17. The van der Waals surface area contributed by atoms with Crippen LogP contribution in [0.3, 0.4) is 0 Å². The van der Waals surface area contributed by atoms with Gasteiger partial charge in [0.25, 0.3) is 10.1 Å². The van der Waals surface area contributed by atoms with Gasteiger partial charge in [0.15, 0.2) is 5.82 Å². The largest absolute Gasteiger partial charge is 0.264 e. The van der Waals surface area contributed by atoms with Gasteiger partial charge in [0.2, 0.25) is 5.82 Å². The first-order chi connectivity index (χ1) is 8.85. The smallest absolute Gasteiger partial charge is 0.262 e. The molecule has 0 atom stereocenters. The number of tetrazole rings is 1. The molecule has 0 amide bonds. The molecular weight excluding hydrogens is 275 g/mol. The van der Waals surface area contributed by atoms with Gasteiger partial charge >= 0.3 is 0 Å². The lowest BCUT2D eigenvalue weighted by Gasteiger charge is -2.01. The van der Waals surface area contributed by atoms with Crippen molar-refractivity contribution in [3.63, 3.8) is 0 Å². The summed E-state index contributed by atoms with van der Waals surface area (Å²) in [6.07, 6.45) is 0.914. The number of hydrogen-bond acceptors (Lipinski definition) is 6. The lowest BCUT2D eigenvalue weighted by molar-refractivity contribution is 0.302. The molecule has 0 aliphatic heterocycles. The van der Waals surface area contributed by atoms with E-state index in [1.165, 1.54) is 6.07 Å². The molecule has 19 heavy (non-hydrogen) atoms. The van der Waals surface area contributed by atoms with E-state index < -0.39 is 15.9 Å². The summed E-state index contributed by atoms with van der Waals surface area (Å²) in [6, 6.07) is 4.46. The van der Waals surface area contributed by atoms with Gasteiger partial charge in [-0.2, -0.15) is 8.42 Å². The second-order valence-electron chi connectivity index (χ2n) is 3.92. The van der Waals surface area contributed by atoms with E-state index >= 15 is 0 Å². The predicted octanol–water partition coefficient (Wildman–Crippen LogP) is 0.586. The van der Waals surface area contributed by atoms with E-state index in [9.17, 15) is 12.8 Å². The summed E-state index contributed by atoms with van der Waals surface area (Å²) in [5.41, 5.74) is 0.973. The van der Waals surface area contributed by atoms with Gasteiger partial charge in [-0.05, 0) is 29.8 Å². The number of aryl methyl sites for hydroxylation is 1. The highest BCUT2D eigenvalue weighted by molar-refractivity contribution is 7.85. The SMILES string of the molecule is Cc1ccc(F)c(-n2nnc(COS(C)(=O)=O)n2)c1. The summed E-state index contributed by atoms with van der Waals surface area (Å²) in [7, 11) is -3.58. The van der Waals surface area contributed by atoms with Crippen LogP contribution >= 0.6 is 0 Å². The second kappa shape index (κ2) is 5.02. The second-order valence-corrected chi connectivity index (χ2v) is 5.56. The Bertz CT molecular complexity index is 699. The quantitative estimate of drug-likeness (QED) is 0.764. The molecule has 2 rings (SSSR count). The van der Waals surface area contributed by atoms with Crippen molar-refractivity contribution in [2.24, 2.45) is 0 Å². The van der Waals surface area contributed by atoms with Crippen LogP contribution in [0.2, 0.25) is 0 Å². The Morgan fingerprint density at radius 2 is 2.16 bits per heavy atom. The van der Waals surface area contributed by atoms with Gasteiger partial charge in [-0.25, -0.2) is 4.39 Å². The summed E-state index contributed by atoms with van der Waals surface area (Å²) in [5, 5.41) is 11.1. The van der Waals surface area contributed by atoms with Crippen molar-refractivity contribution in [2.45, 2.75) is 13.5 Å². The average molecular weight is 286 g/mol. The van der Waals surface area contributed by atoms with E-state index in [-0.39, 0.29) is 18.1 Å². The van der Waals surface area contributed by atoms with E-state index in [0.29, 0.717) is 0 Å². The number of benzene rings is 1. The maximum atomic E-state index is 13.6. The Labute approximate surface area is 109 Å². The molecule has 0 fully saturated rings. The van der Waals surface area contributed by atoms with Crippen LogP contribution in [0.15, 0.2) is 18.2 Å². The maximum absolute atomic E-state index is 13.6. The first-order valence-corrected chi connectivity index (χ1v) is 7.06. The highest BCUT2D eigenvalue weighted by atomic mass is 32.2. The number of aromatic nitrogens is 4. The summed E-state index contributed by atoms with van der Waals surface area (Å²) >= 11 is 0. The molecule has 1 heterocycles. The molecule has 0 N–H and O–H groups in total. The van der Waals surface area contributed by atoms with Crippen molar-refractivity contribution < 1.29 is 17.0 Å². The van der Waals surface area contributed by atoms with Crippen molar-refractivity contribution in [3.8, 4) is 5.69 Å². The van der Waals surface area contributed by atoms with E-state index in [1.807, 2.05) is 0 Å². The molecule has 102 valence electrons. The number of halogens is 1. The highest BCUT2D eigenvalue weighted by Crippen LogP contribution is 2.13. The Hall–Kier alpha value is -1.87. The van der Waals surface area contributed by atoms with Crippen LogP contribution in [-0.2, 0) is 20.9 Å². The lowest BCUT2D eigenvalue weighted by Crippen LogP contribution is -2.05. The first kappa shape index (κ1) is 13.6. The minimum absolute atomic E-state index is 0.0475. The van der Waals surface area contributed by atoms with Crippen LogP contribution in [0, 0.1) is 12.7 Å². The summed E-state index contributed by atoms with van der Waals surface area (Å²) in [6.45, 7) is 1.46. The van der Waals surface area contributed by atoms with E-state index in [4.69, 9.17) is 0 Å². The van der Waals surface area contributed by atoms with Gasteiger partial charge in [0.05, 0.1) is 6.26 Å². The van der Waals surface area contributed by atoms with Gasteiger partial charge in [-0.3, -0.25) is 4.18 Å². The monoisotopic (exact) mass is 286 g/mol. The highest BCUT2D eigenvalue weighted by Gasteiger charge is 2.11. The Morgan fingerprint density at radius 1 is 1.42 bits per heavy atom. The molecule has 0 saturated carbocycles. The fourth-order valence-corrected chi connectivity index (χ4v) is 1.66. The number of hydrogen-bond donors (Lipinski definition) is 0. The molecule has 0 saturated heterocycles. The minimum atomic E-state index is -3.58. The van der Waals surface area contributed by atoms with Gasteiger partial charge in [-0.1, -0.05) is 6.07 Å². The van der Waals surface area contributed by atoms with Crippen LogP contribution in [0.5, 0.6) is 0 Å². The van der Waals surface area contributed by atoms with Gasteiger partial charge in [-0.15, -0.1) is 15.0 Å². The van der Waals surface area contributed by atoms with Gasteiger partial charge in [0, 0.05) is 0 Å². The normalized spacial score (nSPS) is 11.7. The van der Waals surface area contributed by atoms with E-state index in [0.717, 1.165) is 16.6 Å². The summed E-state index contributed by atoms with van der Waals surface area (Å²) < 4.78 is 39.7. The zero-order valence-corrected chi connectivity index (χ0v) is 11.1. The zero-order valence-electron chi connectivity index (χ0n) is 10.2. The van der Waals surface area contributed by atoms with Crippen LogP contribution in [0.25, 0.3) is 5.69 Å². The summed E-state index contributed by atoms with van der Waals surface area (Å²) in [4.78, 5) is 0.989. The molecule has 0 aliphatic rings. The first-order valence-electron chi connectivity index (χ1n) is 5.25. The standard InChI is InChI=1S/C10H11FN4O3S/c1-7-3-4-8(11)9(5-7)15-13-10(12-14-15)6-18-19(2,16)17/h3-5H,6H2,1-2H3. The fraction of sp³-hybridized carbons (Fsp3) is 0.300. The van der Waals surface area contributed by atoms with Crippen molar-refractivity contribution in [2.75, 3.05) is 6.26 Å². The third-order valence-corrected chi connectivity index (χ3v) is 2.72. The Morgan fingerprint density at radius 3 is 2.84 bits per heavy atom. The fourth-order valence-electron chi connectivity index (χ4n) is 1.34. The Kier molecular flexibility index (Phi) is 3.58. The molecule has 0 unspecified atom stereocenters. The third kappa shape index (κ3) is 3.55. The molecule has 1 aromatic carbocycles. The zero-order chi connectivity index (χ0) is 14.0. The van der Waals surface area contributed by atoms with Crippen molar-refractivity contribution >= 4 is 10.1 Å². The molecule has 0 bridgehead atoms. The van der Waals surface area contributed by atoms with Crippen LogP contribution in [0.1, 0.15) is 11.4 Å². The Balaban J connectivity index is 2.23. The minimum Gasteiger partial charge on any atom is -0.262 e. The molecule has 0 radical (unpaired) electrons. The van der Waals surface area contributed by atoms with Crippen molar-refractivity contribution in [1.29, 1.82) is 0 Å². The molecule has 0 spiro atoms. The average Bonchev–Trinajstić information content (AvgIpc) is 2.77. The molecule has 7 nitrogen and oxygen atoms in total. The van der Waals surface area contributed by atoms with Crippen LogP contribution in [-0.4, -0.2) is 34.9 Å². The van der Waals surface area contributed by atoms with E-state index in [2.05, 4.69) is 19.6 Å². The number of rotatable bonds is 4. The van der Waals surface area contributed by atoms with Gasteiger partial charge in [0.1, 0.15) is 12.3 Å². The van der Waals surface area contributed by atoms with E-state index in [1.54, 1.807) is 19.1 Å².